The zero-order valence-electron chi connectivity index (χ0n) is 17.6. The van der Waals surface area contributed by atoms with Gasteiger partial charge in [0.2, 0.25) is 11.2 Å². The number of ether oxygens (including phenoxy) is 3. The maximum atomic E-state index is 13.2. The highest BCUT2D eigenvalue weighted by Gasteiger charge is 2.20. The lowest BCUT2D eigenvalue weighted by Gasteiger charge is -2.13. The molecule has 4 rings (SSSR count). The number of anilines is 1. The molecule has 0 aliphatic carbocycles. The third-order valence-corrected chi connectivity index (χ3v) is 4.81. The molecule has 1 N–H and O–H groups in total. The molecule has 0 radical (unpaired) electrons. The van der Waals surface area contributed by atoms with Crippen LogP contribution in [0.4, 0.5) is 5.69 Å². The van der Waals surface area contributed by atoms with E-state index >= 15 is 0 Å². The van der Waals surface area contributed by atoms with Crippen LogP contribution >= 0.6 is 0 Å². The Morgan fingerprint density at radius 2 is 1.62 bits per heavy atom. The molecule has 0 saturated heterocycles. The van der Waals surface area contributed by atoms with E-state index in [-0.39, 0.29) is 23.5 Å². The summed E-state index contributed by atoms with van der Waals surface area (Å²) in [6, 6.07) is 21.0. The van der Waals surface area contributed by atoms with Gasteiger partial charge in [0.25, 0.3) is 5.91 Å². The third kappa shape index (κ3) is 4.27. The standard InChI is InChI=1S/C25H21NO6/c1-29-20-13-12-16(14-21(20)30-2)24-25(23(28)18-10-6-7-11-19(18)32-24)31-15-22(27)26-17-8-4-3-5-9-17/h3-14H,15H2,1-2H3,(H,26,27). The van der Waals surface area contributed by atoms with Gasteiger partial charge < -0.3 is 23.9 Å². The van der Waals surface area contributed by atoms with Gasteiger partial charge in [0.15, 0.2) is 23.9 Å². The summed E-state index contributed by atoms with van der Waals surface area (Å²) in [6.45, 7) is -0.363. The van der Waals surface area contributed by atoms with E-state index in [1.807, 2.05) is 18.2 Å². The molecule has 32 heavy (non-hydrogen) atoms. The number of carbonyl (C=O) groups is 1. The van der Waals surface area contributed by atoms with E-state index in [4.69, 9.17) is 18.6 Å². The van der Waals surface area contributed by atoms with Crippen LogP contribution in [-0.4, -0.2) is 26.7 Å². The molecule has 162 valence electrons. The van der Waals surface area contributed by atoms with E-state index in [0.29, 0.717) is 33.7 Å². The van der Waals surface area contributed by atoms with Crippen molar-refractivity contribution in [3.63, 3.8) is 0 Å². The SMILES string of the molecule is COc1ccc(-c2oc3ccccc3c(=O)c2OCC(=O)Nc2ccccc2)cc1OC. The fourth-order valence-corrected chi connectivity index (χ4v) is 3.28. The van der Waals surface area contributed by atoms with E-state index in [0.717, 1.165) is 0 Å². The molecule has 0 aliphatic heterocycles. The molecule has 0 atom stereocenters. The molecule has 1 heterocycles. The van der Waals surface area contributed by atoms with Crippen LogP contribution in [0.25, 0.3) is 22.3 Å². The summed E-state index contributed by atoms with van der Waals surface area (Å²) in [5.74, 6) is 0.737. The van der Waals surface area contributed by atoms with Crippen LogP contribution in [0.1, 0.15) is 0 Å². The Labute approximate surface area is 184 Å². The first kappa shape index (κ1) is 21.0. The monoisotopic (exact) mass is 431 g/mol. The second kappa shape index (κ2) is 9.26. The minimum Gasteiger partial charge on any atom is -0.493 e. The van der Waals surface area contributed by atoms with Crippen LogP contribution in [0.15, 0.2) is 82.0 Å². The van der Waals surface area contributed by atoms with Gasteiger partial charge in [0.1, 0.15) is 5.58 Å². The number of methoxy groups -OCH3 is 2. The highest BCUT2D eigenvalue weighted by atomic mass is 16.5. The summed E-state index contributed by atoms with van der Waals surface area (Å²) in [5, 5.41) is 3.08. The van der Waals surface area contributed by atoms with Crippen LogP contribution in [0.5, 0.6) is 17.2 Å². The maximum Gasteiger partial charge on any atom is 0.262 e. The van der Waals surface area contributed by atoms with Crippen molar-refractivity contribution < 1.29 is 23.4 Å². The van der Waals surface area contributed by atoms with Crippen molar-refractivity contribution in [1.29, 1.82) is 0 Å². The molecule has 3 aromatic carbocycles. The van der Waals surface area contributed by atoms with Gasteiger partial charge in [-0.05, 0) is 42.5 Å². The fourth-order valence-electron chi connectivity index (χ4n) is 3.28. The normalized spacial score (nSPS) is 10.6. The zero-order valence-corrected chi connectivity index (χ0v) is 17.6. The van der Waals surface area contributed by atoms with E-state index in [2.05, 4.69) is 5.32 Å². The summed E-state index contributed by atoms with van der Waals surface area (Å²) < 4.78 is 22.4. The lowest BCUT2D eigenvalue weighted by molar-refractivity contribution is -0.118. The molecule has 0 spiro atoms. The molecular formula is C25H21NO6. The van der Waals surface area contributed by atoms with E-state index in [9.17, 15) is 9.59 Å². The topological polar surface area (TPSA) is 87.0 Å². The molecule has 7 nitrogen and oxygen atoms in total. The Morgan fingerprint density at radius 1 is 0.906 bits per heavy atom. The number of benzene rings is 3. The molecule has 0 aliphatic rings. The summed E-state index contributed by atoms with van der Waals surface area (Å²) in [5.41, 5.74) is 1.21. The minimum atomic E-state index is -0.401. The summed E-state index contributed by atoms with van der Waals surface area (Å²) in [7, 11) is 3.05. The Kier molecular flexibility index (Phi) is 6.07. The van der Waals surface area contributed by atoms with Gasteiger partial charge in [0, 0.05) is 11.3 Å². The summed E-state index contributed by atoms with van der Waals surface area (Å²) in [4.78, 5) is 25.6. The molecular weight excluding hydrogens is 410 g/mol. The molecule has 0 saturated carbocycles. The predicted molar refractivity (Wildman–Crippen MR) is 122 cm³/mol. The number of para-hydroxylation sites is 2. The Hall–Kier alpha value is -4.26. The Morgan fingerprint density at radius 3 is 2.38 bits per heavy atom. The average Bonchev–Trinajstić information content (AvgIpc) is 2.83. The van der Waals surface area contributed by atoms with Crippen molar-refractivity contribution in [2.24, 2.45) is 0 Å². The number of hydrogen-bond donors (Lipinski definition) is 1. The van der Waals surface area contributed by atoms with Crippen molar-refractivity contribution in [1.82, 2.24) is 0 Å². The number of rotatable bonds is 7. The van der Waals surface area contributed by atoms with Crippen LogP contribution in [0.3, 0.4) is 0 Å². The predicted octanol–water partition coefficient (Wildman–Crippen LogP) is 4.49. The molecule has 7 heteroatoms. The van der Waals surface area contributed by atoms with Crippen LogP contribution < -0.4 is 25.0 Å². The number of nitrogens with one attached hydrogen (secondary N) is 1. The zero-order chi connectivity index (χ0) is 22.5. The molecule has 0 unspecified atom stereocenters. The van der Waals surface area contributed by atoms with Crippen LogP contribution in [0, 0.1) is 0 Å². The average molecular weight is 431 g/mol. The minimum absolute atomic E-state index is 0.0564. The highest BCUT2D eigenvalue weighted by molar-refractivity contribution is 5.92. The molecule has 0 bridgehead atoms. The van der Waals surface area contributed by atoms with Gasteiger partial charge in [-0.1, -0.05) is 30.3 Å². The van der Waals surface area contributed by atoms with Gasteiger partial charge in [-0.15, -0.1) is 0 Å². The summed E-state index contributed by atoms with van der Waals surface area (Å²) >= 11 is 0. The second-order valence-corrected chi connectivity index (χ2v) is 6.86. The summed E-state index contributed by atoms with van der Waals surface area (Å²) in [6.07, 6.45) is 0. The van der Waals surface area contributed by atoms with E-state index in [1.54, 1.807) is 54.6 Å². The van der Waals surface area contributed by atoms with Crippen molar-refractivity contribution >= 4 is 22.6 Å². The number of carbonyl (C=O) groups excluding carboxylic acids is 1. The molecule has 1 amide bonds. The van der Waals surface area contributed by atoms with E-state index in [1.165, 1.54) is 14.2 Å². The number of amides is 1. The Bertz CT molecular complexity index is 1310. The van der Waals surface area contributed by atoms with Crippen molar-refractivity contribution in [2.45, 2.75) is 0 Å². The lowest BCUT2D eigenvalue weighted by atomic mass is 10.1. The lowest BCUT2D eigenvalue weighted by Crippen LogP contribution is -2.22. The van der Waals surface area contributed by atoms with E-state index < -0.39 is 5.91 Å². The van der Waals surface area contributed by atoms with Crippen molar-refractivity contribution in [3.8, 4) is 28.6 Å². The molecule has 4 aromatic rings. The molecule has 0 fully saturated rings. The third-order valence-electron chi connectivity index (χ3n) is 4.81. The second-order valence-electron chi connectivity index (χ2n) is 6.86. The largest absolute Gasteiger partial charge is 0.493 e. The maximum absolute atomic E-state index is 13.2. The number of hydrogen-bond acceptors (Lipinski definition) is 6. The molecule has 1 aromatic heterocycles. The van der Waals surface area contributed by atoms with Crippen LogP contribution in [-0.2, 0) is 4.79 Å². The van der Waals surface area contributed by atoms with Gasteiger partial charge in [0.05, 0.1) is 19.6 Å². The van der Waals surface area contributed by atoms with Gasteiger partial charge >= 0.3 is 0 Å². The first-order chi connectivity index (χ1) is 15.6. The smallest absolute Gasteiger partial charge is 0.262 e. The van der Waals surface area contributed by atoms with Gasteiger partial charge in [-0.2, -0.15) is 0 Å². The van der Waals surface area contributed by atoms with Crippen molar-refractivity contribution in [3.05, 3.63) is 83.0 Å². The first-order valence-corrected chi connectivity index (χ1v) is 9.86. The van der Waals surface area contributed by atoms with Gasteiger partial charge in [-0.3, -0.25) is 9.59 Å². The quantitative estimate of drug-likeness (QED) is 0.464. The van der Waals surface area contributed by atoms with Crippen LogP contribution in [0.2, 0.25) is 0 Å². The van der Waals surface area contributed by atoms with Crippen molar-refractivity contribution in [2.75, 3.05) is 26.1 Å². The highest BCUT2D eigenvalue weighted by Crippen LogP contribution is 2.36. The Balaban J connectivity index is 1.73. The van der Waals surface area contributed by atoms with Gasteiger partial charge in [-0.25, -0.2) is 0 Å². The fraction of sp³-hybridized carbons (Fsp3) is 0.120. The first-order valence-electron chi connectivity index (χ1n) is 9.86. The number of fused-ring (bicyclic) bond motifs is 1.